The van der Waals surface area contributed by atoms with Gasteiger partial charge in [0.05, 0.1) is 4.76 Å². The van der Waals surface area contributed by atoms with Crippen LogP contribution in [0.15, 0.2) is 60.1 Å². The SMILES string of the molecule is CN1C=CC=CC1=C1C(=O)c2ccccc2[N+]1=O. The highest BCUT2D eigenvalue weighted by Gasteiger charge is 2.45. The van der Waals surface area contributed by atoms with Gasteiger partial charge in [0, 0.05) is 24.2 Å². The predicted octanol–water partition coefficient (Wildman–Crippen LogP) is 2.52. The van der Waals surface area contributed by atoms with Gasteiger partial charge < -0.3 is 4.90 Å². The van der Waals surface area contributed by atoms with Crippen LogP contribution in [-0.2, 0) is 0 Å². The highest BCUT2D eigenvalue weighted by atomic mass is 16.3. The number of carbonyl (C=O) groups is 1. The van der Waals surface area contributed by atoms with Gasteiger partial charge in [-0.2, -0.15) is 0 Å². The molecule has 88 valence electrons. The van der Waals surface area contributed by atoms with Crippen LogP contribution in [0.25, 0.3) is 0 Å². The Morgan fingerprint density at radius 3 is 2.67 bits per heavy atom. The predicted molar refractivity (Wildman–Crippen MR) is 67.1 cm³/mol. The second-order valence-corrected chi connectivity index (χ2v) is 4.19. The number of likely N-dealkylation sites (N-methyl/N-ethyl adjacent to an activating group) is 1. The van der Waals surface area contributed by atoms with Crippen molar-refractivity contribution in [2.45, 2.75) is 0 Å². The van der Waals surface area contributed by atoms with E-state index in [9.17, 15) is 9.70 Å². The van der Waals surface area contributed by atoms with Gasteiger partial charge in [-0.1, -0.05) is 18.2 Å². The number of hydrogen-bond acceptors (Lipinski definition) is 3. The normalized spacial score (nSPS) is 21.7. The average molecular weight is 239 g/mol. The number of nitrogens with zero attached hydrogens (tertiary/aromatic N) is 2. The minimum atomic E-state index is -0.220. The second-order valence-electron chi connectivity index (χ2n) is 4.19. The summed E-state index contributed by atoms with van der Waals surface area (Å²) in [6.07, 6.45) is 7.24. The molecule has 0 aliphatic carbocycles. The van der Waals surface area contributed by atoms with E-state index in [0.29, 0.717) is 21.7 Å². The van der Waals surface area contributed by atoms with Crippen molar-refractivity contribution in [3.8, 4) is 0 Å². The lowest BCUT2D eigenvalue weighted by molar-refractivity contribution is -0.395. The Bertz CT molecular complexity index is 617. The quantitative estimate of drug-likeness (QED) is 0.516. The molecule has 0 bridgehead atoms. The van der Waals surface area contributed by atoms with E-state index < -0.39 is 0 Å². The van der Waals surface area contributed by atoms with Crippen LogP contribution in [0.1, 0.15) is 10.4 Å². The Hall–Kier alpha value is -2.49. The lowest BCUT2D eigenvalue weighted by atomic mass is 10.1. The van der Waals surface area contributed by atoms with Crippen molar-refractivity contribution in [1.29, 1.82) is 0 Å². The van der Waals surface area contributed by atoms with Crippen LogP contribution in [0.5, 0.6) is 0 Å². The summed E-state index contributed by atoms with van der Waals surface area (Å²) in [5.41, 5.74) is 1.68. The molecule has 2 heterocycles. The lowest BCUT2D eigenvalue weighted by Gasteiger charge is -2.16. The van der Waals surface area contributed by atoms with Crippen molar-refractivity contribution in [3.05, 3.63) is 70.6 Å². The molecule has 0 atom stereocenters. The van der Waals surface area contributed by atoms with Crippen molar-refractivity contribution in [2.24, 2.45) is 0 Å². The maximum Gasteiger partial charge on any atom is 0.334 e. The Kier molecular flexibility index (Phi) is 2.23. The molecule has 4 nitrogen and oxygen atoms in total. The molecule has 18 heavy (non-hydrogen) atoms. The molecule has 2 aliphatic heterocycles. The van der Waals surface area contributed by atoms with Crippen molar-refractivity contribution in [3.63, 3.8) is 0 Å². The summed E-state index contributed by atoms with van der Waals surface area (Å²) >= 11 is 0. The zero-order chi connectivity index (χ0) is 12.7. The molecular weight excluding hydrogens is 228 g/mol. The number of para-hydroxylation sites is 1. The number of hydrogen-bond donors (Lipinski definition) is 0. The zero-order valence-corrected chi connectivity index (χ0v) is 9.83. The van der Waals surface area contributed by atoms with Crippen molar-refractivity contribution in [2.75, 3.05) is 7.05 Å². The van der Waals surface area contributed by atoms with Gasteiger partial charge in [0.2, 0.25) is 0 Å². The smallest absolute Gasteiger partial charge is 0.334 e. The Balaban J connectivity index is 2.21. The third-order valence-electron chi connectivity index (χ3n) is 3.08. The zero-order valence-electron chi connectivity index (χ0n) is 9.83. The fraction of sp³-hybridized carbons (Fsp3) is 0.0714. The first-order valence-corrected chi connectivity index (χ1v) is 5.63. The Morgan fingerprint density at radius 1 is 1.17 bits per heavy atom. The molecule has 0 saturated carbocycles. The van der Waals surface area contributed by atoms with E-state index in [1.807, 2.05) is 25.4 Å². The van der Waals surface area contributed by atoms with Crippen LogP contribution in [0.4, 0.5) is 5.69 Å². The summed E-state index contributed by atoms with van der Waals surface area (Å²) in [7, 11) is 1.81. The molecule has 2 aliphatic rings. The van der Waals surface area contributed by atoms with Crippen molar-refractivity contribution >= 4 is 11.5 Å². The summed E-state index contributed by atoms with van der Waals surface area (Å²) in [6.45, 7) is 0. The van der Waals surface area contributed by atoms with Gasteiger partial charge in [-0.05, 0) is 18.2 Å². The fourth-order valence-corrected chi connectivity index (χ4v) is 2.17. The van der Waals surface area contributed by atoms with E-state index in [4.69, 9.17) is 0 Å². The van der Waals surface area contributed by atoms with E-state index in [-0.39, 0.29) is 11.5 Å². The maximum atomic E-state index is 12.3. The van der Waals surface area contributed by atoms with Crippen molar-refractivity contribution < 1.29 is 9.55 Å². The molecule has 4 heteroatoms. The first-order chi connectivity index (χ1) is 8.70. The number of nitroso groups, excluding NO2 is 1. The van der Waals surface area contributed by atoms with E-state index in [1.54, 1.807) is 35.2 Å². The van der Waals surface area contributed by atoms with Gasteiger partial charge in [0.15, 0.2) is 0 Å². The summed E-state index contributed by atoms with van der Waals surface area (Å²) in [5, 5.41) is 0. The standard InChI is InChI=1S/C14H11N2O2/c1-15-9-5-4-8-12(15)13-14(17)10-6-2-3-7-11(10)16(13)18/h2-9H,1H3/q+1. The largest absolute Gasteiger partial charge is 0.345 e. The Morgan fingerprint density at radius 2 is 1.94 bits per heavy atom. The summed E-state index contributed by atoms with van der Waals surface area (Å²) in [6, 6.07) is 6.86. The number of rotatable bonds is 0. The highest BCUT2D eigenvalue weighted by Crippen LogP contribution is 2.34. The monoisotopic (exact) mass is 239 g/mol. The van der Waals surface area contributed by atoms with E-state index >= 15 is 0 Å². The van der Waals surface area contributed by atoms with Gasteiger partial charge in [0.25, 0.3) is 11.5 Å². The molecular formula is C14H11N2O2+. The van der Waals surface area contributed by atoms with Gasteiger partial charge in [0.1, 0.15) is 11.3 Å². The van der Waals surface area contributed by atoms with Crippen LogP contribution in [0, 0.1) is 4.91 Å². The number of fused-ring (bicyclic) bond motifs is 1. The summed E-state index contributed by atoms with van der Waals surface area (Å²) < 4.78 is 0.715. The highest BCUT2D eigenvalue weighted by molar-refractivity contribution is 6.13. The first-order valence-electron chi connectivity index (χ1n) is 5.63. The number of benzene rings is 1. The topological polar surface area (TPSA) is 40.4 Å². The maximum absolute atomic E-state index is 12.3. The minimum Gasteiger partial charge on any atom is -0.345 e. The van der Waals surface area contributed by atoms with Gasteiger partial charge in [-0.25, -0.2) is 0 Å². The van der Waals surface area contributed by atoms with Gasteiger partial charge in [-0.15, -0.1) is 0 Å². The first kappa shape index (κ1) is 10.7. The van der Waals surface area contributed by atoms with Crippen LogP contribution in [0.2, 0.25) is 0 Å². The number of ketones is 1. The van der Waals surface area contributed by atoms with Crippen LogP contribution < -0.4 is 0 Å². The van der Waals surface area contributed by atoms with Crippen LogP contribution in [0.3, 0.4) is 0 Å². The molecule has 0 aromatic heterocycles. The van der Waals surface area contributed by atoms with E-state index in [0.717, 1.165) is 0 Å². The molecule has 0 N–H and O–H groups in total. The van der Waals surface area contributed by atoms with Crippen LogP contribution in [-0.4, -0.2) is 22.5 Å². The Labute approximate surface area is 104 Å². The third kappa shape index (κ3) is 1.35. The van der Waals surface area contributed by atoms with Gasteiger partial charge >= 0.3 is 5.70 Å². The van der Waals surface area contributed by atoms with Crippen LogP contribution >= 0.6 is 0 Å². The molecule has 0 radical (unpaired) electrons. The molecule has 0 spiro atoms. The fourth-order valence-electron chi connectivity index (χ4n) is 2.17. The van der Waals surface area contributed by atoms with E-state index in [1.165, 1.54) is 0 Å². The number of Topliss-reactive ketones (excluding diaryl/α,β-unsaturated/α-hetero) is 1. The molecule has 0 amide bonds. The molecule has 0 unspecified atom stereocenters. The molecule has 1 aromatic carbocycles. The lowest BCUT2D eigenvalue weighted by Crippen LogP contribution is -2.17. The molecule has 3 rings (SSSR count). The third-order valence-corrected chi connectivity index (χ3v) is 3.08. The summed E-state index contributed by atoms with van der Waals surface area (Å²) in [5.74, 6) is -0.220. The minimum absolute atomic E-state index is 0.180. The number of carbonyl (C=O) groups excluding carboxylic acids is 1. The average Bonchev–Trinajstić information content (AvgIpc) is 2.64. The second kappa shape index (κ2) is 3.77. The molecule has 0 fully saturated rings. The van der Waals surface area contributed by atoms with Gasteiger partial charge in [-0.3, -0.25) is 4.79 Å². The van der Waals surface area contributed by atoms with E-state index in [2.05, 4.69) is 0 Å². The molecule has 1 aromatic rings. The molecule has 0 saturated heterocycles. The van der Waals surface area contributed by atoms with Crippen molar-refractivity contribution in [1.82, 2.24) is 4.90 Å². The summed E-state index contributed by atoms with van der Waals surface area (Å²) in [4.78, 5) is 26.2. The number of allylic oxidation sites excluding steroid dienone is 4.